The fourth-order valence-electron chi connectivity index (χ4n) is 8.59. The van der Waals surface area contributed by atoms with Crippen LogP contribution in [0.1, 0.15) is 61.6 Å². The number of carboxylic acid groups (broad SMARTS) is 1. The molecule has 8 atom stereocenters. The molecule has 0 spiro atoms. The van der Waals surface area contributed by atoms with E-state index in [4.69, 9.17) is 16.9 Å². The molecule has 2 fully saturated rings. The average molecular weight is 997 g/mol. The Balaban J connectivity index is 1.32. The summed E-state index contributed by atoms with van der Waals surface area (Å²) in [5.41, 5.74) is 13.6. The molecule has 0 aliphatic carbocycles. The number of nitrogens with zero attached hydrogens (tertiary/aromatic N) is 1. The number of aliphatic carboxylic acids is 1. The molecule has 15 N–H and O–H groups in total. The normalized spacial score (nSPS) is 17.7. The topological polar surface area (TPSA) is 352 Å². The third kappa shape index (κ3) is 17.2. The number of carboxylic acids is 1. The second-order valence-electron chi connectivity index (χ2n) is 17.8. The van der Waals surface area contributed by atoms with Crippen LogP contribution in [0.25, 0.3) is 0 Å². The molecule has 72 heavy (non-hydrogen) atoms. The first-order valence-electron chi connectivity index (χ1n) is 24.3. The van der Waals surface area contributed by atoms with Crippen LogP contribution in [0.3, 0.4) is 0 Å². The highest BCUT2D eigenvalue weighted by Crippen LogP contribution is 2.20. The van der Waals surface area contributed by atoms with E-state index >= 15 is 0 Å². The zero-order chi connectivity index (χ0) is 52.0. The molecule has 5 rings (SSSR count). The van der Waals surface area contributed by atoms with Crippen molar-refractivity contribution < 1.29 is 48.6 Å². The maximum Gasteiger partial charge on any atom is 0.326 e. The van der Waals surface area contributed by atoms with Crippen LogP contribution >= 0.6 is 0 Å². The van der Waals surface area contributed by atoms with Crippen LogP contribution in [0, 0.1) is 5.41 Å². The van der Waals surface area contributed by atoms with E-state index in [9.17, 15) is 48.6 Å². The van der Waals surface area contributed by atoms with Gasteiger partial charge in [0, 0.05) is 32.5 Å². The third-order valence-corrected chi connectivity index (χ3v) is 12.5. The summed E-state index contributed by atoms with van der Waals surface area (Å²) in [6.45, 7) is -0.382. The molecule has 22 nitrogen and oxygen atoms in total. The van der Waals surface area contributed by atoms with Crippen LogP contribution in [0.2, 0.25) is 0 Å². The second-order valence-corrected chi connectivity index (χ2v) is 17.8. The summed E-state index contributed by atoms with van der Waals surface area (Å²) in [6, 6.07) is 16.9. The quantitative estimate of drug-likeness (QED) is 0.0225. The highest BCUT2D eigenvalue weighted by atomic mass is 16.4. The SMILES string of the molecule is N=C(N)NCCC[C@H](NC(=O)[C@@H]1CCCN1)C(=O)N[C@@H](Cc1ccccc1)C(=O)N[C@@H](CCc1ccccc1)C(=O)N[C@@H](CN)C(=O)N[C@@H](CO)C(=O)N[C@@H](Cc1ccccc1)C(=O)N1CCC[C@@H]1C(=O)O. The molecule has 0 radical (unpaired) electrons. The molecular formula is C50H68N12O10. The molecule has 2 heterocycles. The van der Waals surface area contributed by atoms with Crippen LogP contribution in [-0.2, 0) is 57.6 Å². The highest BCUT2D eigenvalue weighted by Gasteiger charge is 2.39. The van der Waals surface area contributed by atoms with Gasteiger partial charge in [-0.15, -0.1) is 0 Å². The van der Waals surface area contributed by atoms with Crippen LogP contribution < -0.4 is 54.0 Å². The lowest BCUT2D eigenvalue weighted by Crippen LogP contribution is -2.62. The number of aryl methyl sites for hydroxylation is 1. The Morgan fingerprint density at radius 1 is 0.639 bits per heavy atom. The standard InChI is InChI=1S/C50H68N12O10/c51-29-39(46(68)61-40(30-63)47(69)59-38(28-33-17-8-3-9-18-33)48(70)62-26-12-21-41(62)49(71)72)60-44(66)36(23-22-31-13-4-1-5-14-31)57-45(67)37(27-32-15-6-2-7-16-32)58-43(65)35(20-11-25-55-50(52)53)56-42(64)34-19-10-24-54-34/h1-9,13-18,34-41,54,63H,10-12,19-30,51H2,(H,56,64)(H,57,67)(H,58,65)(H,59,69)(H,60,66)(H,61,68)(H,71,72)(H4,52,53,55)/t34-,35-,36-,37-,38-,39-,40-,41+/m0/s1. The Hall–Kier alpha value is -7.43. The van der Waals surface area contributed by atoms with Crippen LogP contribution in [-0.4, -0.2) is 150 Å². The number of hydrogen-bond acceptors (Lipinski definition) is 12. The number of carbonyl (C=O) groups is 8. The molecule has 2 saturated heterocycles. The van der Waals surface area contributed by atoms with Gasteiger partial charge in [0.1, 0.15) is 42.3 Å². The van der Waals surface area contributed by atoms with Gasteiger partial charge in [0.2, 0.25) is 41.4 Å². The number of likely N-dealkylation sites (tertiary alicyclic amines) is 1. The number of guanidine groups is 1. The molecule has 2 aliphatic rings. The van der Waals surface area contributed by atoms with Gasteiger partial charge < -0.3 is 69.1 Å². The number of nitrogens with two attached hydrogens (primary N) is 2. The molecule has 2 aliphatic heterocycles. The Kier molecular flexibility index (Phi) is 21.9. The summed E-state index contributed by atoms with van der Waals surface area (Å²) in [7, 11) is 0. The monoisotopic (exact) mass is 997 g/mol. The van der Waals surface area contributed by atoms with Crippen molar-refractivity contribution >= 4 is 53.3 Å². The van der Waals surface area contributed by atoms with E-state index < -0.39 is 103 Å². The minimum Gasteiger partial charge on any atom is -0.480 e. The summed E-state index contributed by atoms with van der Waals surface area (Å²) in [6.07, 6.45) is 2.76. The maximum atomic E-state index is 14.5. The predicted octanol–water partition coefficient (Wildman–Crippen LogP) is -1.94. The van der Waals surface area contributed by atoms with Gasteiger partial charge in [-0.05, 0) is 74.6 Å². The molecule has 388 valence electrons. The van der Waals surface area contributed by atoms with Crippen molar-refractivity contribution in [2.45, 2.75) is 113 Å². The van der Waals surface area contributed by atoms with E-state index in [0.29, 0.717) is 36.9 Å². The van der Waals surface area contributed by atoms with E-state index in [1.807, 2.05) is 30.3 Å². The molecule has 0 saturated carbocycles. The number of rotatable bonds is 27. The first-order chi connectivity index (χ1) is 34.7. The van der Waals surface area contributed by atoms with Crippen LogP contribution in [0.4, 0.5) is 0 Å². The summed E-state index contributed by atoms with van der Waals surface area (Å²) >= 11 is 0. The number of benzene rings is 3. The number of hydrogen-bond donors (Lipinski definition) is 13. The number of nitrogens with one attached hydrogen (secondary N) is 9. The maximum absolute atomic E-state index is 14.5. The number of aliphatic hydroxyl groups excluding tert-OH is 1. The second kappa shape index (κ2) is 28.4. The van der Waals surface area contributed by atoms with Crippen molar-refractivity contribution in [3.8, 4) is 0 Å². The van der Waals surface area contributed by atoms with Crippen LogP contribution in [0.5, 0.6) is 0 Å². The number of carbonyl (C=O) groups excluding carboxylic acids is 7. The van der Waals surface area contributed by atoms with Crippen molar-refractivity contribution in [3.05, 3.63) is 108 Å². The van der Waals surface area contributed by atoms with E-state index in [0.717, 1.165) is 12.0 Å². The average Bonchev–Trinajstić information content (AvgIpc) is 4.12. The predicted molar refractivity (Wildman–Crippen MR) is 265 cm³/mol. The Morgan fingerprint density at radius 3 is 1.69 bits per heavy atom. The number of aliphatic hydroxyl groups is 1. The Morgan fingerprint density at radius 2 is 1.14 bits per heavy atom. The first-order valence-corrected chi connectivity index (χ1v) is 24.3. The van der Waals surface area contributed by atoms with E-state index in [1.54, 1.807) is 60.7 Å². The summed E-state index contributed by atoms with van der Waals surface area (Å²) in [4.78, 5) is 111. The molecular weight excluding hydrogens is 929 g/mol. The molecule has 0 unspecified atom stereocenters. The lowest BCUT2D eigenvalue weighted by Gasteiger charge is -2.29. The molecule has 0 bridgehead atoms. The van der Waals surface area contributed by atoms with Gasteiger partial charge in [-0.1, -0.05) is 91.0 Å². The van der Waals surface area contributed by atoms with Crippen LogP contribution in [0.15, 0.2) is 91.0 Å². The van der Waals surface area contributed by atoms with E-state index in [2.05, 4.69) is 42.5 Å². The lowest BCUT2D eigenvalue weighted by molar-refractivity contribution is -0.149. The molecule has 3 aromatic carbocycles. The zero-order valence-corrected chi connectivity index (χ0v) is 40.1. The Bertz CT molecular complexity index is 2310. The van der Waals surface area contributed by atoms with Gasteiger partial charge in [0.15, 0.2) is 5.96 Å². The molecule has 7 amide bonds. The molecule has 22 heteroatoms. The van der Waals surface area contributed by atoms with Crippen molar-refractivity contribution in [2.24, 2.45) is 11.5 Å². The van der Waals surface area contributed by atoms with Gasteiger partial charge in [-0.3, -0.25) is 39.0 Å². The van der Waals surface area contributed by atoms with Crippen molar-refractivity contribution in [1.29, 1.82) is 5.41 Å². The minimum atomic E-state index is -1.65. The smallest absolute Gasteiger partial charge is 0.326 e. The van der Waals surface area contributed by atoms with Gasteiger partial charge in [0.25, 0.3) is 0 Å². The van der Waals surface area contributed by atoms with Crippen molar-refractivity contribution in [3.63, 3.8) is 0 Å². The molecule has 0 aromatic heterocycles. The third-order valence-electron chi connectivity index (χ3n) is 12.5. The lowest BCUT2D eigenvalue weighted by atomic mass is 10.0. The minimum absolute atomic E-state index is 0.0149. The largest absolute Gasteiger partial charge is 0.480 e. The Labute approximate surface area is 418 Å². The summed E-state index contributed by atoms with van der Waals surface area (Å²) in [5, 5.41) is 49.3. The first kappa shape index (κ1) is 55.5. The zero-order valence-electron chi connectivity index (χ0n) is 40.1. The number of amides is 7. The van der Waals surface area contributed by atoms with Gasteiger partial charge in [-0.25, -0.2) is 4.79 Å². The summed E-state index contributed by atoms with van der Waals surface area (Å²) < 4.78 is 0. The van der Waals surface area contributed by atoms with Gasteiger partial charge >= 0.3 is 5.97 Å². The van der Waals surface area contributed by atoms with E-state index in [1.165, 1.54) is 4.90 Å². The summed E-state index contributed by atoms with van der Waals surface area (Å²) in [5.74, 6) is -6.66. The van der Waals surface area contributed by atoms with Crippen molar-refractivity contribution in [2.75, 3.05) is 32.8 Å². The van der Waals surface area contributed by atoms with Gasteiger partial charge in [0.05, 0.1) is 12.6 Å². The van der Waals surface area contributed by atoms with Gasteiger partial charge in [-0.2, -0.15) is 0 Å². The van der Waals surface area contributed by atoms with E-state index in [-0.39, 0.29) is 63.5 Å². The van der Waals surface area contributed by atoms with Crippen molar-refractivity contribution in [1.82, 2.24) is 47.4 Å². The fourth-order valence-corrected chi connectivity index (χ4v) is 8.59. The highest BCUT2D eigenvalue weighted by molar-refractivity contribution is 5.98. The fraction of sp³-hybridized carbons (Fsp3) is 0.460. The molecule has 3 aromatic rings.